The molecule has 0 aromatic carbocycles. The lowest BCUT2D eigenvalue weighted by atomic mass is 9.80. The first-order valence-electron chi connectivity index (χ1n) is 6.17. The molecule has 0 atom stereocenters. The number of carbonyl (C=O) groups is 1. The number of Topliss-reactive ketones (excluding diaryl/α,β-unsaturated/α-hetero) is 1. The molecule has 1 aromatic rings. The molecule has 0 N–H and O–H groups in total. The third-order valence-electron chi connectivity index (χ3n) is 3.76. The van der Waals surface area contributed by atoms with Crippen molar-refractivity contribution in [1.29, 1.82) is 0 Å². The summed E-state index contributed by atoms with van der Waals surface area (Å²) in [5.74, 6) is -0.150. The standard InChI is InChI=1S/C13H17BClNO3/c1-8(17)10-9(15)6-7-16-11(10)14-18-12(2,3)13(4,5)19-14/h6-7H,1-5H3. The molecule has 0 aliphatic carbocycles. The summed E-state index contributed by atoms with van der Waals surface area (Å²) in [4.78, 5) is 15.9. The van der Waals surface area contributed by atoms with Gasteiger partial charge in [0.25, 0.3) is 0 Å². The second-order valence-electron chi connectivity index (χ2n) is 5.70. The van der Waals surface area contributed by atoms with E-state index in [9.17, 15) is 4.79 Å². The minimum atomic E-state index is -0.678. The molecule has 6 heteroatoms. The lowest BCUT2D eigenvalue weighted by Crippen LogP contribution is -2.41. The third kappa shape index (κ3) is 2.42. The van der Waals surface area contributed by atoms with Crippen LogP contribution in [-0.4, -0.2) is 29.1 Å². The fourth-order valence-electron chi connectivity index (χ4n) is 1.94. The summed E-state index contributed by atoms with van der Waals surface area (Å²) in [6.07, 6.45) is 1.55. The number of hydrogen-bond donors (Lipinski definition) is 0. The molecule has 0 saturated carbocycles. The van der Waals surface area contributed by atoms with E-state index in [1.165, 1.54) is 6.92 Å². The van der Waals surface area contributed by atoms with E-state index >= 15 is 0 Å². The molecule has 0 spiro atoms. The Balaban J connectivity index is 2.46. The van der Waals surface area contributed by atoms with Crippen LogP contribution in [0.25, 0.3) is 0 Å². The SMILES string of the molecule is CC(=O)c1c(Cl)ccnc1B1OC(C)(C)C(C)(C)O1. The van der Waals surface area contributed by atoms with E-state index in [1.807, 2.05) is 27.7 Å². The predicted octanol–water partition coefficient (Wildman–Crippen LogP) is 2.24. The molecule has 0 unspecified atom stereocenters. The van der Waals surface area contributed by atoms with Crippen LogP contribution >= 0.6 is 11.6 Å². The van der Waals surface area contributed by atoms with E-state index in [2.05, 4.69) is 4.98 Å². The number of pyridine rings is 1. The Morgan fingerprint density at radius 2 is 1.79 bits per heavy atom. The van der Waals surface area contributed by atoms with Gasteiger partial charge in [0.2, 0.25) is 0 Å². The molecule has 2 heterocycles. The van der Waals surface area contributed by atoms with Crippen molar-refractivity contribution in [2.45, 2.75) is 45.8 Å². The van der Waals surface area contributed by atoms with Crippen molar-refractivity contribution in [3.8, 4) is 0 Å². The first kappa shape index (κ1) is 14.5. The number of aromatic nitrogens is 1. The average molecular weight is 282 g/mol. The highest BCUT2D eigenvalue weighted by Gasteiger charge is 2.53. The Morgan fingerprint density at radius 3 is 2.26 bits per heavy atom. The van der Waals surface area contributed by atoms with Gasteiger partial charge in [0.15, 0.2) is 5.78 Å². The number of hydrogen-bond acceptors (Lipinski definition) is 4. The first-order chi connectivity index (χ1) is 8.66. The van der Waals surface area contributed by atoms with Crippen molar-refractivity contribution in [1.82, 2.24) is 4.98 Å². The molecule has 1 aliphatic heterocycles. The predicted molar refractivity (Wildman–Crippen MR) is 75.0 cm³/mol. The van der Waals surface area contributed by atoms with Crippen LogP contribution in [0.4, 0.5) is 0 Å². The summed E-state index contributed by atoms with van der Waals surface area (Å²) in [6.45, 7) is 9.25. The number of halogens is 1. The Labute approximate surface area is 118 Å². The van der Waals surface area contributed by atoms with Crippen LogP contribution in [0, 0.1) is 0 Å². The molecule has 102 valence electrons. The van der Waals surface area contributed by atoms with Gasteiger partial charge in [-0.15, -0.1) is 0 Å². The molecule has 0 bridgehead atoms. The van der Waals surface area contributed by atoms with Crippen molar-refractivity contribution in [3.05, 3.63) is 22.8 Å². The zero-order valence-electron chi connectivity index (χ0n) is 11.8. The van der Waals surface area contributed by atoms with Crippen LogP contribution in [0.3, 0.4) is 0 Å². The van der Waals surface area contributed by atoms with E-state index in [1.54, 1.807) is 12.3 Å². The number of rotatable bonds is 2. The maximum atomic E-state index is 11.7. The smallest absolute Gasteiger partial charge is 0.398 e. The van der Waals surface area contributed by atoms with Gasteiger partial charge >= 0.3 is 7.12 Å². The van der Waals surface area contributed by atoms with E-state index in [0.29, 0.717) is 16.2 Å². The molecule has 0 amide bonds. The molecule has 2 rings (SSSR count). The monoisotopic (exact) mass is 281 g/mol. The lowest BCUT2D eigenvalue weighted by molar-refractivity contribution is 0.00578. The summed E-state index contributed by atoms with van der Waals surface area (Å²) in [5.41, 5.74) is -0.146. The Hall–Kier alpha value is -0.905. The Kier molecular flexibility index (Phi) is 3.50. The fourth-order valence-corrected chi connectivity index (χ4v) is 2.22. The highest BCUT2D eigenvalue weighted by Crippen LogP contribution is 2.36. The van der Waals surface area contributed by atoms with Crippen molar-refractivity contribution < 1.29 is 14.1 Å². The van der Waals surface area contributed by atoms with E-state index in [-0.39, 0.29) is 5.78 Å². The molecule has 1 saturated heterocycles. The van der Waals surface area contributed by atoms with Gasteiger partial charge in [-0.3, -0.25) is 9.78 Å². The molecule has 1 aliphatic rings. The lowest BCUT2D eigenvalue weighted by Gasteiger charge is -2.32. The molecule has 4 nitrogen and oxygen atoms in total. The highest BCUT2D eigenvalue weighted by atomic mass is 35.5. The Bertz CT molecular complexity index is 515. The topological polar surface area (TPSA) is 48.4 Å². The van der Waals surface area contributed by atoms with Crippen molar-refractivity contribution >= 4 is 30.1 Å². The minimum Gasteiger partial charge on any atom is -0.398 e. The normalized spacial score (nSPS) is 20.6. The largest absolute Gasteiger partial charge is 0.515 e. The Morgan fingerprint density at radius 1 is 1.26 bits per heavy atom. The van der Waals surface area contributed by atoms with Gasteiger partial charge in [-0.1, -0.05) is 11.6 Å². The molecule has 1 aromatic heterocycles. The van der Waals surface area contributed by atoms with Gasteiger partial charge in [-0.25, -0.2) is 0 Å². The van der Waals surface area contributed by atoms with Crippen LogP contribution < -0.4 is 5.59 Å². The van der Waals surface area contributed by atoms with Crippen molar-refractivity contribution in [3.63, 3.8) is 0 Å². The van der Waals surface area contributed by atoms with Gasteiger partial charge < -0.3 is 9.31 Å². The molecule has 19 heavy (non-hydrogen) atoms. The summed E-state index contributed by atoms with van der Waals surface area (Å²) < 4.78 is 11.8. The molecular weight excluding hydrogens is 264 g/mol. The van der Waals surface area contributed by atoms with Crippen LogP contribution in [0.1, 0.15) is 45.0 Å². The van der Waals surface area contributed by atoms with Gasteiger partial charge in [0.05, 0.1) is 27.4 Å². The highest BCUT2D eigenvalue weighted by molar-refractivity contribution is 6.63. The zero-order valence-corrected chi connectivity index (χ0v) is 12.5. The van der Waals surface area contributed by atoms with Crippen LogP contribution in [0.15, 0.2) is 12.3 Å². The second kappa shape index (κ2) is 4.58. The molecule has 0 radical (unpaired) electrons. The van der Waals surface area contributed by atoms with E-state index in [4.69, 9.17) is 20.9 Å². The molecule has 1 fully saturated rings. The average Bonchev–Trinajstić information content (AvgIpc) is 2.47. The second-order valence-corrected chi connectivity index (χ2v) is 6.10. The number of ketones is 1. The van der Waals surface area contributed by atoms with Crippen LogP contribution in [0.2, 0.25) is 5.02 Å². The van der Waals surface area contributed by atoms with Gasteiger partial charge in [0.1, 0.15) is 0 Å². The van der Waals surface area contributed by atoms with E-state index < -0.39 is 18.3 Å². The maximum Gasteiger partial charge on any atom is 0.515 e. The molecular formula is C13H17BClNO3. The summed E-state index contributed by atoms with van der Waals surface area (Å²) in [5, 5.41) is 0.368. The van der Waals surface area contributed by atoms with Gasteiger partial charge in [0, 0.05) is 6.20 Å². The fraction of sp³-hybridized carbons (Fsp3) is 0.538. The van der Waals surface area contributed by atoms with Crippen LogP contribution in [0.5, 0.6) is 0 Å². The van der Waals surface area contributed by atoms with Gasteiger partial charge in [-0.05, 0) is 40.7 Å². The zero-order chi connectivity index (χ0) is 14.4. The summed E-state index contributed by atoms with van der Waals surface area (Å²) in [7, 11) is -0.678. The summed E-state index contributed by atoms with van der Waals surface area (Å²) >= 11 is 6.07. The quantitative estimate of drug-likeness (QED) is 0.616. The van der Waals surface area contributed by atoms with Crippen molar-refractivity contribution in [2.24, 2.45) is 0 Å². The summed E-state index contributed by atoms with van der Waals surface area (Å²) in [6, 6.07) is 1.59. The van der Waals surface area contributed by atoms with E-state index in [0.717, 1.165) is 0 Å². The number of carbonyl (C=O) groups excluding carboxylic acids is 1. The number of nitrogens with zero attached hydrogens (tertiary/aromatic N) is 1. The first-order valence-corrected chi connectivity index (χ1v) is 6.54. The van der Waals surface area contributed by atoms with Crippen LogP contribution in [-0.2, 0) is 9.31 Å². The minimum absolute atomic E-state index is 0.150. The van der Waals surface area contributed by atoms with Gasteiger partial charge in [-0.2, -0.15) is 0 Å². The van der Waals surface area contributed by atoms with Crippen molar-refractivity contribution in [2.75, 3.05) is 0 Å². The third-order valence-corrected chi connectivity index (χ3v) is 4.07. The maximum absolute atomic E-state index is 11.7.